The number of hydrazine groups is 1. The van der Waals surface area contributed by atoms with Crippen LogP contribution in [-0.4, -0.2) is 11.8 Å². The molecular formula is C14H14N2O2S. The highest BCUT2D eigenvalue weighted by atomic mass is 32.1. The van der Waals surface area contributed by atoms with Crippen molar-refractivity contribution >= 4 is 23.2 Å². The topological polar surface area (TPSA) is 58.2 Å². The number of hydrogen-bond donors (Lipinski definition) is 2. The lowest BCUT2D eigenvalue weighted by Gasteiger charge is -2.08. The van der Waals surface area contributed by atoms with Gasteiger partial charge >= 0.3 is 0 Å². The van der Waals surface area contributed by atoms with Gasteiger partial charge in [-0.3, -0.25) is 20.4 Å². The van der Waals surface area contributed by atoms with E-state index in [9.17, 15) is 9.59 Å². The summed E-state index contributed by atoms with van der Waals surface area (Å²) < 4.78 is 0. The second-order valence-corrected chi connectivity index (χ2v) is 5.42. The molecule has 2 aromatic rings. The quantitative estimate of drug-likeness (QED) is 0.826. The summed E-state index contributed by atoms with van der Waals surface area (Å²) in [4.78, 5) is 25.3. The Morgan fingerprint density at radius 3 is 2.26 bits per heavy atom. The summed E-state index contributed by atoms with van der Waals surface area (Å²) in [5.74, 6) is -0.625. The van der Waals surface area contributed by atoms with Crippen molar-refractivity contribution in [3.05, 3.63) is 57.3 Å². The summed E-state index contributed by atoms with van der Waals surface area (Å²) in [7, 11) is 0. The molecule has 0 aliphatic heterocycles. The number of carbonyl (C=O) groups excluding carboxylic acids is 2. The van der Waals surface area contributed by atoms with Gasteiger partial charge in [0.15, 0.2) is 0 Å². The molecule has 2 amide bonds. The van der Waals surface area contributed by atoms with Gasteiger partial charge in [-0.2, -0.15) is 0 Å². The average Bonchev–Trinajstić information content (AvgIpc) is 2.83. The SMILES string of the molecule is Cc1ccc(C(=O)NNC(=O)c2ccccc2C)s1. The maximum absolute atomic E-state index is 11.9. The molecule has 0 aliphatic rings. The van der Waals surface area contributed by atoms with Crippen molar-refractivity contribution in [2.45, 2.75) is 13.8 Å². The van der Waals surface area contributed by atoms with E-state index >= 15 is 0 Å². The van der Waals surface area contributed by atoms with Crippen molar-refractivity contribution in [1.29, 1.82) is 0 Å². The number of nitrogens with one attached hydrogen (secondary N) is 2. The lowest BCUT2D eigenvalue weighted by atomic mass is 10.1. The number of hydrogen-bond acceptors (Lipinski definition) is 3. The first kappa shape index (κ1) is 13.3. The van der Waals surface area contributed by atoms with Crippen LogP contribution in [0, 0.1) is 13.8 Å². The molecule has 1 aromatic carbocycles. The summed E-state index contributed by atoms with van der Waals surface area (Å²) in [6, 6.07) is 10.8. The van der Waals surface area contributed by atoms with Crippen LogP contribution in [0.1, 0.15) is 30.5 Å². The minimum atomic E-state index is -0.320. The minimum Gasteiger partial charge on any atom is -0.267 e. The molecule has 98 valence electrons. The van der Waals surface area contributed by atoms with Crippen molar-refractivity contribution in [2.24, 2.45) is 0 Å². The van der Waals surface area contributed by atoms with Crippen molar-refractivity contribution in [2.75, 3.05) is 0 Å². The molecule has 19 heavy (non-hydrogen) atoms. The third-order valence-corrected chi connectivity index (χ3v) is 3.64. The van der Waals surface area contributed by atoms with Crippen LogP contribution < -0.4 is 10.9 Å². The third kappa shape index (κ3) is 3.20. The van der Waals surface area contributed by atoms with Crippen LogP contribution in [0.2, 0.25) is 0 Å². The molecule has 0 spiro atoms. The highest BCUT2D eigenvalue weighted by molar-refractivity contribution is 7.13. The van der Waals surface area contributed by atoms with Crippen LogP contribution in [0.3, 0.4) is 0 Å². The van der Waals surface area contributed by atoms with Gasteiger partial charge < -0.3 is 0 Å². The summed E-state index contributed by atoms with van der Waals surface area (Å²) >= 11 is 1.38. The van der Waals surface area contributed by atoms with Crippen LogP contribution in [0.15, 0.2) is 36.4 Å². The van der Waals surface area contributed by atoms with E-state index in [-0.39, 0.29) is 11.8 Å². The van der Waals surface area contributed by atoms with E-state index < -0.39 is 0 Å². The van der Waals surface area contributed by atoms with Gasteiger partial charge in [0.1, 0.15) is 0 Å². The summed E-state index contributed by atoms with van der Waals surface area (Å²) in [6.07, 6.45) is 0. The fraction of sp³-hybridized carbons (Fsp3) is 0.143. The molecule has 0 aliphatic carbocycles. The lowest BCUT2D eigenvalue weighted by molar-refractivity contribution is 0.0848. The predicted molar refractivity (Wildman–Crippen MR) is 75.2 cm³/mol. The van der Waals surface area contributed by atoms with Gasteiger partial charge in [-0.25, -0.2) is 0 Å². The highest BCUT2D eigenvalue weighted by Crippen LogP contribution is 2.14. The Labute approximate surface area is 115 Å². The molecule has 1 heterocycles. The zero-order valence-corrected chi connectivity index (χ0v) is 11.5. The highest BCUT2D eigenvalue weighted by Gasteiger charge is 2.11. The van der Waals surface area contributed by atoms with Crippen LogP contribution in [0.25, 0.3) is 0 Å². The molecule has 2 N–H and O–H groups in total. The van der Waals surface area contributed by atoms with E-state index in [1.165, 1.54) is 11.3 Å². The van der Waals surface area contributed by atoms with E-state index in [0.717, 1.165) is 10.4 Å². The van der Waals surface area contributed by atoms with Crippen LogP contribution in [-0.2, 0) is 0 Å². The van der Waals surface area contributed by atoms with Crippen LogP contribution >= 0.6 is 11.3 Å². The van der Waals surface area contributed by atoms with E-state index in [1.807, 2.05) is 32.0 Å². The fourth-order valence-corrected chi connectivity index (χ4v) is 2.39. The number of thiophene rings is 1. The van der Waals surface area contributed by atoms with Crippen molar-refractivity contribution in [3.63, 3.8) is 0 Å². The fourth-order valence-electron chi connectivity index (χ4n) is 1.63. The van der Waals surface area contributed by atoms with Gasteiger partial charge in [0.05, 0.1) is 4.88 Å². The Bertz CT molecular complexity index is 619. The second kappa shape index (κ2) is 5.67. The maximum Gasteiger partial charge on any atom is 0.279 e. The van der Waals surface area contributed by atoms with Crippen molar-refractivity contribution in [1.82, 2.24) is 10.9 Å². The molecule has 0 radical (unpaired) electrons. The zero-order chi connectivity index (χ0) is 13.8. The van der Waals surface area contributed by atoms with E-state index in [2.05, 4.69) is 10.9 Å². The van der Waals surface area contributed by atoms with Crippen molar-refractivity contribution < 1.29 is 9.59 Å². The summed E-state index contributed by atoms with van der Waals surface area (Å²) in [6.45, 7) is 3.77. The summed E-state index contributed by atoms with van der Waals surface area (Å²) in [5, 5.41) is 0. The molecule has 0 fully saturated rings. The molecule has 2 rings (SSSR count). The standard InChI is InChI=1S/C14H14N2O2S/c1-9-5-3-4-6-11(9)13(17)15-16-14(18)12-8-7-10(2)19-12/h3-8H,1-2H3,(H,15,17)(H,16,18). The number of amides is 2. The number of benzene rings is 1. The van der Waals surface area contributed by atoms with E-state index in [0.29, 0.717) is 10.4 Å². The number of carbonyl (C=O) groups is 2. The molecule has 0 bridgehead atoms. The van der Waals surface area contributed by atoms with Gasteiger partial charge in [-0.15, -0.1) is 11.3 Å². The van der Waals surface area contributed by atoms with Gasteiger partial charge in [0, 0.05) is 10.4 Å². The van der Waals surface area contributed by atoms with Gasteiger partial charge in [-0.05, 0) is 37.6 Å². The first-order valence-electron chi connectivity index (χ1n) is 5.80. The Kier molecular flexibility index (Phi) is 3.97. The molecular weight excluding hydrogens is 260 g/mol. The van der Waals surface area contributed by atoms with E-state index in [4.69, 9.17) is 0 Å². The summed E-state index contributed by atoms with van der Waals surface area (Å²) in [5.41, 5.74) is 6.23. The average molecular weight is 274 g/mol. The Balaban J connectivity index is 1.98. The lowest BCUT2D eigenvalue weighted by Crippen LogP contribution is -2.41. The van der Waals surface area contributed by atoms with Crippen LogP contribution in [0.4, 0.5) is 0 Å². The largest absolute Gasteiger partial charge is 0.279 e. The van der Waals surface area contributed by atoms with Crippen LogP contribution in [0.5, 0.6) is 0 Å². The van der Waals surface area contributed by atoms with Gasteiger partial charge in [0.25, 0.3) is 11.8 Å². The van der Waals surface area contributed by atoms with Crippen molar-refractivity contribution in [3.8, 4) is 0 Å². The maximum atomic E-state index is 11.9. The zero-order valence-electron chi connectivity index (χ0n) is 10.7. The normalized spacial score (nSPS) is 10.0. The minimum absolute atomic E-state index is 0.306. The molecule has 1 aromatic heterocycles. The Morgan fingerprint density at radius 1 is 0.947 bits per heavy atom. The number of aryl methyl sites for hydroxylation is 2. The molecule has 4 nitrogen and oxygen atoms in total. The molecule has 5 heteroatoms. The second-order valence-electron chi connectivity index (χ2n) is 4.13. The smallest absolute Gasteiger partial charge is 0.267 e. The van der Waals surface area contributed by atoms with Gasteiger partial charge in [-0.1, -0.05) is 18.2 Å². The molecule has 0 unspecified atom stereocenters. The number of rotatable bonds is 2. The molecule has 0 atom stereocenters. The predicted octanol–water partition coefficient (Wildman–Crippen LogP) is 2.44. The molecule has 0 saturated heterocycles. The monoisotopic (exact) mass is 274 g/mol. The van der Waals surface area contributed by atoms with Gasteiger partial charge in [0.2, 0.25) is 0 Å². The third-order valence-electron chi connectivity index (χ3n) is 2.64. The Hall–Kier alpha value is -2.14. The first-order valence-corrected chi connectivity index (χ1v) is 6.62. The first-order chi connectivity index (χ1) is 9.08. The van der Waals surface area contributed by atoms with E-state index in [1.54, 1.807) is 18.2 Å². The Morgan fingerprint density at radius 2 is 1.63 bits per heavy atom. The molecule has 0 saturated carbocycles.